The lowest BCUT2D eigenvalue weighted by molar-refractivity contribution is 0.567. The predicted molar refractivity (Wildman–Crippen MR) is 79.7 cm³/mol. The van der Waals surface area contributed by atoms with Crippen LogP contribution in [-0.4, -0.2) is 14.0 Å². The normalized spacial score (nSPS) is 12.8. The highest BCUT2D eigenvalue weighted by Gasteiger charge is 2.46. The van der Waals surface area contributed by atoms with Gasteiger partial charge in [0.2, 0.25) is 0 Å². The summed E-state index contributed by atoms with van der Waals surface area (Å²) in [7, 11) is -1.75. The molecule has 0 saturated carbocycles. The maximum atomic E-state index is 11.4. The lowest BCUT2D eigenvalue weighted by atomic mass is 10.4. The van der Waals surface area contributed by atoms with Gasteiger partial charge in [0.25, 0.3) is 0 Å². The fraction of sp³-hybridized carbons (Fsp3) is 0.733. The number of allylic oxidation sites excluding steroid dienone is 3. The molecule has 0 saturated heterocycles. The molecule has 0 unspecified atom stereocenters. The van der Waals surface area contributed by atoms with Gasteiger partial charge < -0.3 is 0 Å². The van der Waals surface area contributed by atoms with Gasteiger partial charge in [-0.1, -0.05) is 53.7 Å². The van der Waals surface area contributed by atoms with Crippen molar-refractivity contribution in [1.29, 1.82) is 0 Å². The first-order valence-corrected chi connectivity index (χ1v) is 8.94. The molecule has 0 aliphatic rings. The molecule has 1 nitrogen and oxygen atoms in total. The molecule has 0 aliphatic heterocycles. The lowest BCUT2D eigenvalue weighted by Crippen LogP contribution is -2.47. The van der Waals surface area contributed by atoms with E-state index >= 15 is 0 Å². The van der Waals surface area contributed by atoms with Crippen LogP contribution >= 0.6 is 0 Å². The van der Waals surface area contributed by atoms with Crippen LogP contribution in [0.15, 0.2) is 17.3 Å². The molecule has 0 rings (SSSR count). The molecule has 0 fully saturated rings. The van der Waals surface area contributed by atoms with Crippen molar-refractivity contribution in [3.8, 4) is 0 Å². The maximum absolute atomic E-state index is 11.4. The van der Waals surface area contributed by atoms with Crippen molar-refractivity contribution in [1.82, 2.24) is 0 Å². The van der Waals surface area contributed by atoms with E-state index in [2.05, 4.69) is 53.6 Å². The van der Waals surface area contributed by atoms with Crippen molar-refractivity contribution in [2.45, 2.75) is 71.5 Å². The number of hydrogen-bond acceptors (Lipinski definition) is 1. The van der Waals surface area contributed by atoms with Crippen LogP contribution in [0.1, 0.15) is 54.9 Å². The summed E-state index contributed by atoms with van der Waals surface area (Å²) in [5, 5.41) is 1.07. The Morgan fingerprint density at radius 1 is 1.06 bits per heavy atom. The molecule has 98 valence electrons. The van der Waals surface area contributed by atoms with E-state index in [9.17, 15) is 4.79 Å². The Balaban J connectivity index is 5.64. The van der Waals surface area contributed by atoms with E-state index in [1.807, 2.05) is 13.0 Å². The van der Waals surface area contributed by atoms with Crippen molar-refractivity contribution in [3.05, 3.63) is 17.3 Å². The van der Waals surface area contributed by atoms with Gasteiger partial charge in [-0.3, -0.25) is 0 Å². The Morgan fingerprint density at radius 2 is 1.47 bits per heavy atom. The van der Waals surface area contributed by atoms with Crippen LogP contribution in [0.4, 0.5) is 0 Å². The van der Waals surface area contributed by atoms with Crippen LogP contribution in [-0.2, 0) is 4.79 Å². The fourth-order valence-electron chi connectivity index (χ4n) is 3.59. The topological polar surface area (TPSA) is 17.1 Å². The van der Waals surface area contributed by atoms with Gasteiger partial charge >= 0.3 is 0 Å². The zero-order valence-corrected chi connectivity index (χ0v) is 13.5. The van der Waals surface area contributed by atoms with Crippen LogP contribution < -0.4 is 0 Å². The molecule has 0 spiro atoms. The molecular weight excluding hydrogens is 224 g/mol. The first kappa shape index (κ1) is 16.4. The molecule has 0 radical (unpaired) electrons. The average Bonchev–Trinajstić information content (AvgIpc) is 2.22. The van der Waals surface area contributed by atoms with Gasteiger partial charge in [0.05, 0.1) is 0 Å². The number of carbonyl (C=O) groups excluding carboxylic acids is 1. The predicted octanol–water partition coefficient (Wildman–Crippen LogP) is 4.93. The Labute approximate surface area is 108 Å². The molecular formula is C15H28OSi. The smallest absolute Gasteiger partial charge is 0.119 e. The molecule has 0 aromatic heterocycles. The van der Waals surface area contributed by atoms with Crippen LogP contribution in [0.3, 0.4) is 0 Å². The second-order valence-electron chi connectivity index (χ2n) is 5.75. The third-order valence-electron chi connectivity index (χ3n) is 4.07. The highest BCUT2D eigenvalue weighted by molar-refractivity contribution is 6.90. The van der Waals surface area contributed by atoms with E-state index < -0.39 is 8.07 Å². The molecule has 0 amide bonds. The van der Waals surface area contributed by atoms with Gasteiger partial charge in [0.1, 0.15) is 14.0 Å². The van der Waals surface area contributed by atoms with Crippen LogP contribution in [0, 0.1) is 0 Å². The molecule has 0 aromatic carbocycles. The highest BCUT2D eigenvalue weighted by Crippen LogP contribution is 2.46. The summed E-state index contributed by atoms with van der Waals surface area (Å²) in [5.74, 6) is 2.30. The molecule has 2 heteroatoms. The van der Waals surface area contributed by atoms with Gasteiger partial charge in [-0.15, -0.1) is 0 Å². The highest BCUT2D eigenvalue weighted by atomic mass is 28.3. The molecule has 0 aliphatic carbocycles. The van der Waals surface area contributed by atoms with Crippen LogP contribution in [0.25, 0.3) is 0 Å². The molecule has 0 N–H and O–H groups in total. The minimum Gasteiger partial charge on any atom is -0.234 e. The molecule has 0 aromatic rings. The van der Waals surface area contributed by atoms with E-state index in [0.717, 1.165) is 11.6 Å². The second-order valence-corrected chi connectivity index (χ2v) is 11.7. The van der Waals surface area contributed by atoms with E-state index in [1.165, 1.54) is 0 Å². The average molecular weight is 252 g/mol. The van der Waals surface area contributed by atoms with E-state index in [1.54, 1.807) is 0 Å². The minimum atomic E-state index is -1.75. The summed E-state index contributed by atoms with van der Waals surface area (Å²) >= 11 is 0. The van der Waals surface area contributed by atoms with Crippen molar-refractivity contribution in [2.24, 2.45) is 0 Å². The molecule has 0 bridgehead atoms. The minimum absolute atomic E-state index is 0.587. The van der Waals surface area contributed by atoms with Gasteiger partial charge in [0.15, 0.2) is 0 Å². The summed E-state index contributed by atoms with van der Waals surface area (Å²) in [6.07, 6.45) is 4.91. The van der Waals surface area contributed by atoms with Gasteiger partial charge in [-0.25, -0.2) is 4.79 Å². The monoisotopic (exact) mass is 252 g/mol. The Kier molecular flexibility index (Phi) is 6.73. The zero-order chi connectivity index (χ0) is 13.6. The number of hydrogen-bond donors (Lipinski definition) is 0. The van der Waals surface area contributed by atoms with Crippen LogP contribution in [0.5, 0.6) is 0 Å². The summed E-state index contributed by atoms with van der Waals surface area (Å²) < 4.78 is 0. The molecule has 17 heavy (non-hydrogen) atoms. The Hall–Kier alpha value is -0.593. The Bertz CT molecular complexity index is 285. The van der Waals surface area contributed by atoms with Crippen molar-refractivity contribution < 1.29 is 4.79 Å². The van der Waals surface area contributed by atoms with Gasteiger partial charge in [0, 0.05) is 5.20 Å². The Morgan fingerprint density at radius 3 is 1.71 bits per heavy atom. The molecule has 0 heterocycles. The third-order valence-corrected chi connectivity index (χ3v) is 11.2. The standard InChI is InChI=1S/C15H28OSi/c1-8-9-10-15(11-16)17(12(2)3,13(4)5)14(6)7/h8-9,12-14H,10H2,1-7H3/b9-8+. The fourth-order valence-corrected chi connectivity index (χ4v) is 10.3. The van der Waals surface area contributed by atoms with Crippen LogP contribution in [0.2, 0.25) is 16.6 Å². The largest absolute Gasteiger partial charge is 0.234 e. The van der Waals surface area contributed by atoms with Crippen molar-refractivity contribution >= 4 is 14.0 Å². The number of rotatable bonds is 6. The van der Waals surface area contributed by atoms with Crippen molar-refractivity contribution in [3.63, 3.8) is 0 Å². The summed E-state index contributed by atoms with van der Waals surface area (Å²) in [6.45, 7) is 15.7. The van der Waals surface area contributed by atoms with Crippen molar-refractivity contribution in [2.75, 3.05) is 0 Å². The van der Waals surface area contributed by atoms with E-state index in [4.69, 9.17) is 0 Å². The summed E-state index contributed by atoms with van der Waals surface area (Å²) in [6, 6.07) is 0. The SMILES string of the molecule is C/C=C/CC(=C=O)[Si](C(C)C)(C(C)C)C(C)C. The van der Waals surface area contributed by atoms with Gasteiger partial charge in [-0.05, 0) is 30.0 Å². The third kappa shape index (κ3) is 3.20. The first-order valence-electron chi connectivity index (χ1n) is 6.71. The second kappa shape index (κ2) is 6.98. The van der Waals surface area contributed by atoms with E-state index in [0.29, 0.717) is 16.6 Å². The zero-order valence-electron chi connectivity index (χ0n) is 12.5. The van der Waals surface area contributed by atoms with E-state index in [-0.39, 0.29) is 0 Å². The maximum Gasteiger partial charge on any atom is 0.119 e. The molecule has 0 atom stereocenters. The first-order chi connectivity index (χ1) is 7.85. The van der Waals surface area contributed by atoms with Gasteiger partial charge in [-0.2, -0.15) is 0 Å². The quantitative estimate of drug-likeness (QED) is 0.372. The lowest BCUT2D eigenvalue weighted by Gasteiger charge is -2.43. The summed E-state index contributed by atoms with van der Waals surface area (Å²) in [4.78, 5) is 11.4. The summed E-state index contributed by atoms with van der Waals surface area (Å²) in [5.41, 5.74) is 1.76.